The van der Waals surface area contributed by atoms with E-state index in [1.54, 1.807) is 24.3 Å². The van der Waals surface area contributed by atoms with Crippen molar-refractivity contribution in [3.05, 3.63) is 119 Å². The largest absolute Gasteiger partial charge is 0.482 e. The van der Waals surface area contributed by atoms with Gasteiger partial charge in [0, 0.05) is 11.1 Å². The number of fused-ring (bicyclic) bond motifs is 3. The lowest BCUT2D eigenvalue weighted by atomic mass is 9.67. The molecule has 5 rings (SSSR count). The number of carboxylic acid groups (broad SMARTS) is 2. The highest BCUT2D eigenvalue weighted by molar-refractivity contribution is 5.87. The molecule has 0 atom stereocenters. The van der Waals surface area contributed by atoms with Gasteiger partial charge in [0.15, 0.2) is 13.2 Å². The number of hydrogen-bond acceptors (Lipinski definition) is 4. The van der Waals surface area contributed by atoms with E-state index in [9.17, 15) is 19.8 Å². The first-order valence-corrected chi connectivity index (χ1v) is 11.1. The second kappa shape index (κ2) is 8.99. The molecule has 0 aliphatic heterocycles. The third-order valence-electron chi connectivity index (χ3n) is 6.24. The van der Waals surface area contributed by atoms with E-state index in [1.807, 2.05) is 60.7 Å². The Kier molecular flexibility index (Phi) is 5.71. The summed E-state index contributed by atoms with van der Waals surface area (Å²) in [6.07, 6.45) is 0. The third-order valence-corrected chi connectivity index (χ3v) is 6.24. The molecule has 4 aromatic rings. The van der Waals surface area contributed by atoms with Crippen LogP contribution in [0.3, 0.4) is 0 Å². The third kappa shape index (κ3) is 3.69. The number of aliphatic carboxylic acids is 2. The first-order chi connectivity index (χ1) is 17.0. The van der Waals surface area contributed by atoms with E-state index >= 15 is 0 Å². The molecule has 174 valence electrons. The molecule has 35 heavy (non-hydrogen) atoms. The Labute approximate surface area is 202 Å². The first kappa shape index (κ1) is 22.2. The number of rotatable bonds is 8. The molecule has 2 N–H and O–H groups in total. The molecule has 0 bridgehead atoms. The normalized spacial score (nSPS) is 12.9. The molecule has 1 aliphatic rings. The zero-order valence-electron chi connectivity index (χ0n) is 18.7. The zero-order chi connectivity index (χ0) is 24.4. The van der Waals surface area contributed by atoms with Crippen molar-refractivity contribution in [1.29, 1.82) is 0 Å². The van der Waals surface area contributed by atoms with Crippen LogP contribution in [-0.2, 0) is 15.0 Å². The summed E-state index contributed by atoms with van der Waals surface area (Å²) in [5, 5.41) is 18.6. The van der Waals surface area contributed by atoms with Crippen molar-refractivity contribution in [2.24, 2.45) is 0 Å². The maximum Gasteiger partial charge on any atom is 0.341 e. The minimum Gasteiger partial charge on any atom is -0.482 e. The molecule has 0 spiro atoms. The summed E-state index contributed by atoms with van der Waals surface area (Å²) in [5.74, 6) is -1.30. The number of carboxylic acids is 2. The standard InChI is InChI=1S/C29H22O6/c30-27(31)17-34-25-15-7-5-13-23(25)29(24-14-6-8-16-26(24)35-18-28(32)33)21-11-3-1-9-19(21)20-10-2-4-12-22(20)29/h1-16H,17-18H2,(H,30,31)(H,32,33). The summed E-state index contributed by atoms with van der Waals surface area (Å²) in [7, 11) is 0. The van der Waals surface area contributed by atoms with Crippen LogP contribution in [0.2, 0.25) is 0 Å². The highest BCUT2D eigenvalue weighted by Gasteiger charge is 2.49. The molecule has 4 aromatic carbocycles. The quantitative estimate of drug-likeness (QED) is 0.335. The minimum atomic E-state index is -1.08. The summed E-state index contributed by atoms with van der Waals surface area (Å²) in [4.78, 5) is 22.7. The maximum atomic E-state index is 11.4. The Hall–Kier alpha value is -4.58. The fraction of sp³-hybridized carbons (Fsp3) is 0.103. The van der Waals surface area contributed by atoms with Crippen molar-refractivity contribution in [3.63, 3.8) is 0 Å². The summed E-state index contributed by atoms with van der Waals surface area (Å²) in [6.45, 7) is -0.985. The number of ether oxygens (including phenoxy) is 2. The van der Waals surface area contributed by atoms with Gasteiger partial charge in [-0.1, -0.05) is 84.9 Å². The second-order valence-corrected chi connectivity index (χ2v) is 8.20. The molecule has 0 unspecified atom stereocenters. The Morgan fingerprint density at radius 1 is 0.543 bits per heavy atom. The van der Waals surface area contributed by atoms with Crippen LogP contribution in [0.5, 0.6) is 11.5 Å². The second-order valence-electron chi connectivity index (χ2n) is 8.20. The molecule has 0 heterocycles. The van der Waals surface area contributed by atoms with Gasteiger partial charge in [-0.2, -0.15) is 0 Å². The zero-order valence-corrected chi connectivity index (χ0v) is 18.7. The van der Waals surface area contributed by atoms with Gasteiger partial charge >= 0.3 is 11.9 Å². The summed E-state index contributed by atoms with van der Waals surface area (Å²) >= 11 is 0. The molecule has 0 saturated heterocycles. The Morgan fingerprint density at radius 2 is 0.886 bits per heavy atom. The van der Waals surface area contributed by atoms with E-state index in [0.717, 1.165) is 33.4 Å². The fourth-order valence-corrected chi connectivity index (χ4v) is 5.04. The van der Waals surface area contributed by atoms with Gasteiger partial charge in [0.1, 0.15) is 11.5 Å². The van der Waals surface area contributed by atoms with E-state index < -0.39 is 30.6 Å². The van der Waals surface area contributed by atoms with Crippen LogP contribution in [0.1, 0.15) is 22.3 Å². The van der Waals surface area contributed by atoms with E-state index in [4.69, 9.17) is 9.47 Å². The summed E-state index contributed by atoms with van der Waals surface area (Å²) in [5.41, 5.74) is 4.55. The molecule has 0 amide bonds. The van der Waals surface area contributed by atoms with Crippen LogP contribution < -0.4 is 9.47 Å². The number of carbonyl (C=O) groups is 2. The molecular weight excluding hydrogens is 444 g/mol. The van der Waals surface area contributed by atoms with Gasteiger partial charge < -0.3 is 19.7 Å². The van der Waals surface area contributed by atoms with Gasteiger partial charge in [-0.25, -0.2) is 9.59 Å². The van der Waals surface area contributed by atoms with E-state index in [-0.39, 0.29) is 0 Å². The highest BCUT2D eigenvalue weighted by Crippen LogP contribution is 2.59. The van der Waals surface area contributed by atoms with Gasteiger partial charge in [0.25, 0.3) is 0 Å². The van der Waals surface area contributed by atoms with Crippen molar-refractivity contribution in [3.8, 4) is 22.6 Å². The average Bonchev–Trinajstić information content (AvgIpc) is 3.18. The van der Waals surface area contributed by atoms with Gasteiger partial charge in [-0.15, -0.1) is 0 Å². The number of hydrogen-bond donors (Lipinski definition) is 2. The van der Waals surface area contributed by atoms with Crippen LogP contribution in [0, 0.1) is 0 Å². The lowest BCUT2D eigenvalue weighted by molar-refractivity contribution is -0.140. The van der Waals surface area contributed by atoms with Crippen LogP contribution in [-0.4, -0.2) is 35.4 Å². The average molecular weight is 466 g/mol. The molecule has 0 aromatic heterocycles. The lowest BCUT2D eigenvalue weighted by Crippen LogP contribution is -2.30. The van der Waals surface area contributed by atoms with Crippen molar-refractivity contribution in [2.45, 2.75) is 5.41 Å². The number of benzene rings is 4. The van der Waals surface area contributed by atoms with Crippen molar-refractivity contribution >= 4 is 11.9 Å². The van der Waals surface area contributed by atoms with Crippen molar-refractivity contribution in [1.82, 2.24) is 0 Å². The molecule has 1 aliphatic carbocycles. The maximum absolute atomic E-state index is 11.4. The lowest BCUT2D eigenvalue weighted by Gasteiger charge is -2.35. The first-order valence-electron chi connectivity index (χ1n) is 11.1. The molecule has 0 radical (unpaired) electrons. The Balaban J connectivity index is 1.88. The molecule has 0 fully saturated rings. The van der Waals surface area contributed by atoms with Gasteiger partial charge in [0.05, 0.1) is 5.41 Å². The van der Waals surface area contributed by atoms with Crippen LogP contribution in [0.25, 0.3) is 11.1 Å². The summed E-state index contributed by atoms with van der Waals surface area (Å²) in [6, 6.07) is 30.8. The van der Waals surface area contributed by atoms with E-state index in [2.05, 4.69) is 12.1 Å². The predicted octanol–water partition coefficient (Wildman–Crippen LogP) is 4.98. The van der Waals surface area contributed by atoms with Crippen LogP contribution >= 0.6 is 0 Å². The molecular formula is C29H22O6. The summed E-state index contributed by atoms with van der Waals surface area (Å²) < 4.78 is 11.6. The van der Waals surface area contributed by atoms with E-state index in [1.165, 1.54) is 0 Å². The van der Waals surface area contributed by atoms with Crippen LogP contribution in [0.4, 0.5) is 0 Å². The van der Waals surface area contributed by atoms with Crippen molar-refractivity contribution in [2.75, 3.05) is 13.2 Å². The SMILES string of the molecule is O=C(O)COc1ccccc1C1(c2ccccc2OCC(=O)O)c2ccccc2-c2ccccc21. The Bertz CT molecular complexity index is 1320. The molecule has 0 saturated carbocycles. The minimum absolute atomic E-state index is 0.425. The predicted molar refractivity (Wildman–Crippen MR) is 130 cm³/mol. The Morgan fingerprint density at radius 3 is 1.29 bits per heavy atom. The topological polar surface area (TPSA) is 93.1 Å². The smallest absolute Gasteiger partial charge is 0.341 e. The van der Waals surface area contributed by atoms with E-state index in [0.29, 0.717) is 11.5 Å². The molecule has 6 nitrogen and oxygen atoms in total. The van der Waals surface area contributed by atoms with Crippen molar-refractivity contribution < 1.29 is 29.3 Å². The van der Waals surface area contributed by atoms with Gasteiger partial charge in [0.2, 0.25) is 0 Å². The highest BCUT2D eigenvalue weighted by atomic mass is 16.5. The van der Waals surface area contributed by atoms with Gasteiger partial charge in [-0.05, 0) is 34.4 Å². The number of para-hydroxylation sites is 2. The monoisotopic (exact) mass is 466 g/mol. The molecule has 6 heteroatoms. The fourth-order valence-electron chi connectivity index (χ4n) is 5.04. The van der Waals surface area contributed by atoms with Gasteiger partial charge in [-0.3, -0.25) is 0 Å². The van der Waals surface area contributed by atoms with Crippen LogP contribution in [0.15, 0.2) is 97.1 Å².